The highest BCUT2D eigenvalue weighted by Crippen LogP contribution is 2.61. The van der Waals surface area contributed by atoms with Gasteiger partial charge in [-0.05, 0) is 82.7 Å². The quantitative estimate of drug-likeness (QED) is 0.498. The lowest BCUT2D eigenvalue weighted by molar-refractivity contribution is 0.366. The second kappa shape index (κ2) is 4.97. The van der Waals surface area contributed by atoms with E-state index >= 15 is 0 Å². The van der Waals surface area contributed by atoms with Gasteiger partial charge in [0.15, 0.2) is 0 Å². The molecule has 2 aromatic rings. The molecular weight excluding hydrogens is 288 g/mol. The first-order chi connectivity index (χ1) is 11.9. The lowest BCUT2D eigenvalue weighted by Gasteiger charge is -2.46. The maximum absolute atomic E-state index is 2.48. The predicted octanol–water partition coefficient (Wildman–Crippen LogP) is 6.86. The van der Waals surface area contributed by atoms with E-state index in [1.54, 1.807) is 33.4 Å². The molecule has 0 saturated heterocycles. The van der Waals surface area contributed by atoms with Gasteiger partial charge in [-0.1, -0.05) is 62.1 Å². The zero-order valence-electron chi connectivity index (χ0n) is 14.4. The average molecular weight is 314 g/mol. The van der Waals surface area contributed by atoms with Crippen molar-refractivity contribution >= 4 is 0 Å². The van der Waals surface area contributed by atoms with Crippen molar-refractivity contribution in [1.29, 1.82) is 0 Å². The Morgan fingerprint density at radius 2 is 0.750 bits per heavy atom. The maximum atomic E-state index is 2.48. The smallest absolute Gasteiger partial charge is 0.00866 e. The summed E-state index contributed by atoms with van der Waals surface area (Å²) in [6.07, 6.45) is 11.3. The maximum Gasteiger partial charge on any atom is -0.00866 e. The summed E-state index contributed by atoms with van der Waals surface area (Å²) in [4.78, 5) is 0. The third-order valence-corrected chi connectivity index (χ3v) is 7.64. The fourth-order valence-corrected chi connectivity index (χ4v) is 6.74. The summed E-state index contributed by atoms with van der Waals surface area (Å²) in [7, 11) is 0. The third kappa shape index (κ3) is 1.65. The van der Waals surface area contributed by atoms with Crippen molar-refractivity contribution in [1.82, 2.24) is 0 Å². The Morgan fingerprint density at radius 1 is 0.458 bits per heavy atom. The van der Waals surface area contributed by atoms with Gasteiger partial charge >= 0.3 is 0 Å². The molecule has 0 spiro atoms. The summed E-state index contributed by atoms with van der Waals surface area (Å²) in [6.45, 7) is 0. The summed E-state index contributed by atoms with van der Waals surface area (Å²) in [5.41, 5.74) is 10.2. The Hall–Kier alpha value is -1.56. The van der Waals surface area contributed by atoms with Crippen molar-refractivity contribution in [3.8, 4) is 11.1 Å². The van der Waals surface area contributed by atoms with Crippen LogP contribution in [0.3, 0.4) is 0 Å². The van der Waals surface area contributed by atoms with E-state index in [-0.39, 0.29) is 0 Å². The van der Waals surface area contributed by atoms with Gasteiger partial charge in [-0.25, -0.2) is 0 Å². The van der Waals surface area contributed by atoms with Gasteiger partial charge in [-0.3, -0.25) is 0 Å². The molecule has 0 radical (unpaired) electrons. The van der Waals surface area contributed by atoms with Crippen molar-refractivity contribution < 1.29 is 0 Å². The van der Waals surface area contributed by atoms with Crippen molar-refractivity contribution in [3.63, 3.8) is 0 Å². The zero-order chi connectivity index (χ0) is 15.7. The molecule has 0 aromatic heterocycles. The van der Waals surface area contributed by atoms with E-state index < -0.39 is 0 Å². The van der Waals surface area contributed by atoms with E-state index in [0.717, 1.165) is 23.7 Å². The second-order valence-corrected chi connectivity index (χ2v) is 8.62. The van der Waals surface area contributed by atoms with Crippen LogP contribution in [0.1, 0.15) is 97.3 Å². The predicted molar refractivity (Wildman–Crippen MR) is 99.8 cm³/mol. The van der Waals surface area contributed by atoms with Crippen LogP contribution in [0.4, 0.5) is 0 Å². The molecular formula is C24H26. The van der Waals surface area contributed by atoms with Crippen LogP contribution in [0, 0.1) is 0 Å². The van der Waals surface area contributed by atoms with Gasteiger partial charge in [0, 0.05) is 0 Å². The van der Waals surface area contributed by atoms with E-state index in [2.05, 4.69) is 36.4 Å². The van der Waals surface area contributed by atoms with E-state index in [4.69, 9.17) is 0 Å². The molecule has 2 aromatic carbocycles. The summed E-state index contributed by atoms with van der Waals surface area (Å²) in [6, 6.07) is 14.7. The Kier molecular flexibility index (Phi) is 2.84. The molecule has 2 saturated carbocycles. The molecule has 0 nitrogen and oxygen atoms in total. The minimum atomic E-state index is 0.789. The first-order valence-electron chi connectivity index (χ1n) is 10.2. The van der Waals surface area contributed by atoms with Crippen LogP contribution in [0.25, 0.3) is 11.1 Å². The third-order valence-electron chi connectivity index (χ3n) is 7.64. The van der Waals surface area contributed by atoms with Crippen LogP contribution in [0.2, 0.25) is 0 Å². The molecule has 0 amide bonds. The molecule has 4 unspecified atom stereocenters. The molecule has 2 fully saturated rings. The summed E-state index contributed by atoms with van der Waals surface area (Å²) < 4.78 is 0. The monoisotopic (exact) mass is 314 g/mol. The minimum Gasteiger partial charge on any atom is -0.0617 e. The van der Waals surface area contributed by atoms with Gasteiger partial charge in [0.2, 0.25) is 0 Å². The van der Waals surface area contributed by atoms with Gasteiger partial charge in [0.1, 0.15) is 0 Å². The van der Waals surface area contributed by atoms with Crippen molar-refractivity contribution in [2.45, 2.75) is 75.0 Å². The Balaban J connectivity index is 1.69. The lowest BCUT2D eigenvalue weighted by atomic mass is 9.57. The molecule has 0 bridgehead atoms. The molecule has 0 N–H and O–H groups in total. The molecule has 0 heterocycles. The molecule has 6 rings (SSSR count). The van der Waals surface area contributed by atoms with Crippen LogP contribution in [0.5, 0.6) is 0 Å². The van der Waals surface area contributed by atoms with Gasteiger partial charge in [-0.2, -0.15) is 0 Å². The molecule has 4 aliphatic rings. The summed E-state index contributed by atoms with van der Waals surface area (Å²) in [5.74, 6) is 3.15. The second-order valence-electron chi connectivity index (χ2n) is 8.62. The molecule has 4 atom stereocenters. The van der Waals surface area contributed by atoms with Gasteiger partial charge < -0.3 is 0 Å². The molecule has 0 aliphatic heterocycles. The first-order valence-corrected chi connectivity index (χ1v) is 10.2. The summed E-state index contributed by atoms with van der Waals surface area (Å²) in [5, 5.41) is 0. The van der Waals surface area contributed by atoms with Crippen molar-refractivity contribution in [2.75, 3.05) is 0 Å². The molecule has 0 heteroatoms. The molecule has 122 valence electrons. The van der Waals surface area contributed by atoms with Crippen LogP contribution >= 0.6 is 0 Å². The number of hydrogen-bond acceptors (Lipinski definition) is 0. The largest absolute Gasteiger partial charge is 0.0617 e. The van der Waals surface area contributed by atoms with Crippen LogP contribution in [0.15, 0.2) is 36.4 Å². The highest BCUT2D eigenvalue weighted by atomic mass is 14.5. The minimum absolute atomic E-state index is 0.789. The Morgan fingerprint density at radius 3 is 1.04 bits per heavy atom. The standard InChI is InChI=1S/C24H26/c1-2-8-16-15(7-1)19-11-5-13-21-17-9-3-4-10-18(17)22-14-6-12-20(16)24(22)23(19)21/h5-6,11-18H,1-4,7-10H2. The Bertz CT molecular complexity index is 685. The van der Waals surface area contributed by atoms with E-state index in [1.807, 2.05) is 0 Å². The number of hydrogen-bond donors (Lipinski definition) is 0. The van der Waals surface area contributed by atoms with Gasteiger partial charge in [0.05, 0.1) is 0 Å². The van der Waals surface area contributed by atoms with E-state index in [1.165, 1.54) is 51.4 Å². The van der Waals surface area contributed by atoms with E-state index in [9.17, 15) is 0 Å². The van der Waals surface area contributed by atoms with Crippen LogP contribution < -0.4 is 0 Å². The normalized spacial score (nSPS) is 32.5. The molecule has 4 aliphatic carbocycles. The van der Waals surface area contributed by atoms with Gasteiger partial charge in [-0.15, -0.1) is 0 Å². The van der Waals surface area contributed by atoms with Gasteiger partial charge in [0.25, 0.3) is 0 Å². The SMILES string of the molecule is c1cc2c3c(c1)C1CCCCC1c1cccc(c1-3)C1CCCCC21. The highest BCUT2D eigenvalue weighted by molar-refractivity contribution is 5.84. The van der Waals surface area contributed by atoms with Crippen molar-refractivity contribution in [3.05, 3.63) is 58.7 Å². The average Bonchev–Trinajstić information content (AvgIpc) is 2.67. The summed E-state index contributed by atoms with van der Waals surface area (Å²) >= 11 is 0. The first kappa shape index (κ1) is 13.7. The number of fused-ring (bicyclic) bond motifs is 6. The van der Waals surface area contributed by atoms with Crippen molar-refractivity contribution in [2.24, 2.45) is 0 Å². The lowest BCUT2D eigenvalue weighted by Crippen LogP contribution is -2.28. The van der Waals surface area contributed by atoms with Crippen LogP contribution in [-0.4, -0.2) is 0 Å². The topological polar surface area (TPSA) is 0 Å². The highest BCUT2D eigenvalue weighted by Gasteiger charge is 2.43. The fourth-order valence-electron chi connectivity index (χ4n) is 6.74. The van der Waals surface area contributed by atoms with Crippen LogP contribution in [-0.2, 0) is 0 Å². The number of rotatable bonds is 0. The number of benzene rings is 2. The zero-order valence-corrected chi connectivity index (χ0v) is 14.4. The fraction of sp³-hybridized carbons (Fsp3) is 0.500. The molecule has 24 heavy (non-hydrogen) atoms. The Labute approximate surface area is 145 Å². The van der Waals surface area contributed by atoms with E-state index in [0.29, 0.717) is 0 Å².